The predicted octanol–water partition coefficient (Wildman–Crippen LogP) is 5.10. The summed E-state index contributed by atoms with van der Waals surface area (Å²) in [6.45, 7) is 17.1. The van der Waals surface area contributed by atoms with Gasteiger partial charge in [0.05, 0.1) is 42.7 Å². The number of azide groups is 1. The second-order valence-corrected chi connectivity index (χ2v) is 16.5. The maximum atomic E-state index is 14.3. The molecule has 9 atom stereocenters. The first kappa shape index (κ1) is 49.2. The molecule has 4 amide bonds. The molecular formula is C42H73N9O6. The van der Waals surface area contributed by atoms with E-state index in [0.29, 0.717) is 19.4 Å². The Morgan fingerprint density at radius 2 is 1.60 bits per heavy atom. The molecule has 0 aromatic heterocycles. The largest absolute Gasteiger partial charge is 0.385 e. The summed E-state index contributed by atoms with van der Waals surface area (Å²) in [4.78, 5) is 64.0. The van der Waals surface area contributed by atoms with E-state index >= 15 is 0 Å². The van der Waals surface area contributed by atoms with Crippen molar-refractivity contribution >= 4 is 29.3 Å². The molecule has 0 bridgehead atoms. The van der Waals surface area contributed by atoms with E-state index in [1.54, 1.807) is 38.0 Å². The molecule has 2 rings (SSSR count). The third-order valence-electron chi connectivity index (χ3n) is 11.5. The molecule has 15 heteroatoms. The maximum absolute atomic E-state index is 14.3. The van der Waals surface area contributed by atoms with Gasteiger partial charge in [-0.05, 0) is 81.3 Å². The Bertz CT molecular complexity index is 1460. The van der Waals surface area contributed by atoms with Crippen molar-refractivity contribution in [3.05, 3.63) is 40.3 Å². The number of nitrogens with one attached hydrogen (secondary N) is 3. The van der Waals surface area contributed by atoms with Gasteiger partial charge in [0.25, 0.3) is 0 Å². The van der Waals surface area contributed by atoms with Crippen molar-refractivity contribution in [2.75, 3.05) is 60.3 Å². The van der Waals surface area contributed by atoms with Crippen LogP contribution < -0.4 is 16.0 Å². The molecule has 3 N–H and O–H groups in total. The fourth-order valence-electron chi connectivity index (χ4n) is 8.29. The normalized spacial score (nSPS) is 18.5. The molecule has 0 spiro atoms. The lowest BCUT2D eigenvalue weighted by Crippen LogP contribution is -2.59. The van der Waals surface area contributed by atoms with E-state index in [9.17, 15) is 19.2 Å². The first-order valence-electron chi connectivity index (χ1n) is 20.7. The standard InChI is InChI=1S/C42H73N9O6/c1-14-28(7)38(50(11)42(55)36(26(3)4)47-41(54)37(27(5)6)49(9)10)34(56-12)24-35(52)51-22-16-17-33(51)39(57-13)29(8)40(53)46-32(25-45-48-43)23-30-18-20-31(21-19-30)44-15-2/h18-21,26-29,32-34,36-39,44H,14-17,22-25H2,1-13H3,(H,46,53)(H,47,54)/t28-,29+,32-,33-,34+,36-,37-,38-,39+/m0/s1. The van der Waals surface area contributed by atoms with Gasteiger partial charge in [0.15, 0.2) is 0 Å². The number of methoxy groups -OCH3 is 2. The smallest absolute Gasteiger partial charge is 0.245 e. The number of hydrogen-bond donors (Lipinski definition) is 3. The van der Waals surface area contributed by atoms with Gasteiger partial charge in [0.1, 0.15) is 6.04 Å². The number of anilines is 1. The number of benzene rings is 1. The van der Waals surface area contributed by atoms with Crippen LogP contribution in [0.4, 0.5) is 5.69 Å². The minimum Gasteiger partial charge on any atom is -0.385 e. The summed E-state index contributed by atoms with van der Waals surface area (Å²) in [6, 6.07) is 5.50. The Labute approximate surface area is 341 Å². The molecule has 1 saturated heterocycles. The topological polar surface area (TPSA) is 181 Å². The summed E-state index contributed by atoms with van der Waals surface area (Å²) in [5, 5.41) is 13.1. The van der Waals surface area contributed by atoms with Gasteiger partial charge in [-0.3, -0.25) is 24.1 Å². The molecule has 1 aromatic rings. The van der Waals surface area contributed by atoms with E-state index in [1.807, 2.05) is 91.7 Å². The Morgan fingerprint density at radius 1 is 0.947 bits per heavy atom. The second-order valence-electron chi connectivity index (χ2n) is 16.5. The number of carbonyl (C=O) groups is 4. The fourth-order valence-corrected chi connectivity index (χ4v) is 8.29. The van der Waals surface area contributed by atoms with E-state index in [-0.39, 0.29) is 60.4 Å². The number of carbonyl (C=O) groups excluding carboxylic acids is 4. The van der Waals surface area contributed by atoms with Gasteiger partial charge < -0.3 is 35.2 Å². The second kappa shape index (κ2) is 24.1. The number of likely N-dealkylation sites (tertiary alicyclic amines) is 1. The molecule has 57 heavy (non-hydrogen) atoms. The molecule has 1 aliphatic rings. The van der Waals surface area contributed by atoms with Crippen LogP contribution in [0.1, 0.15) is 86.6 Å². The predicted molar refractivity (Wildman–Crippen MR) is 225 cm³/mol. The molecule has 15 nitrogen and oxygen atoms in total. The number of ether oxygens (including phenoxy) is 2. The van der Waals surface area contributed by atoms with Crippen LogP contribution in [0.3, 0.4) is 0 Å². The highest BCUT2D eigenvalue weighted by molar-refractivity contribution is 5.90. The first-order valence-corrected chi connectivity index (χ1v) is 20.7. The SMILES string of the molecule is CCNc1ccc(C[C@@H](CN=[N+]=[N-])NC(=O)[C@H](C)[C@@H](OC)[C@@H]2CCCN2C(=O)C[C@@H](OC)[C@H]([C@@H](C)CC)N(C)C(=O)[C@@H](NC(=O)[C@H](C(C)C)N(C)C)C(C)C)cc1. The van der Waals surface area contributed by atoms with Crippen molar-refractivity contribution in [1.29, 1.82) is 0 Å². The van der Waals surface area contributed by atoms with Gasteiger partial charge in [0, 0.05) is 57.5 Å². The van der Waals surface area contributed by atoms with Crippen LogP contribution in [0.5, 0.6) is 0 Å². The van der Waals surface area contributed by atoms with Gasteiger partial charge in [-0.25, -0.2) is 0 Å². The maximum Gasteiger partial charge on any atom is 0.245 e. The number of hydrogen-bond acceptors (Lipinski definition) is 9. The van der Waals surface area contributed by atoms with Crippen LogP contribution in [-0.4, -0.2) is 136 Å². The Morgan fingerprint density at radius 3 is 2.11 bits per heavy atom. The highest BCUT2D eigenvalue weighted by Crippen LogP contribution is 2.30. The molecule has 322 valence electrons. The van der Waals surface area contributed by atoms with Crippen molar-refractivity contribution in [2.24, 2.45) is 28.8 Å². The molecule has 1 aromatic carbocycles. The van der Waals surface area contributed by atoms with Gasteiger partial charge in [-0.15, -0.1) is 0 Å². The number of amides is 4. The van der Waals surface area contributed by atoms with Crippen molar-refractivity contribution < 1.29 is 28.7 Å². The Hall–Kier alpha value is -3.91. The van der Waals surface area contributed by atoms with Gasteiger partial charge >= 0.3 is 0 Å². The van der Waals surface area contributed by atoms with E-state index < -0.39 is 42.3 Å². The Balaban J connectivity index is 2.27. The number of likely N-dealkylation sites (N-methyl/N-ethyl adjacent to an activating group) is 2. The van der Waals surface area contributed by atoms with E-state index in [0.717, 1.165) is 30.6 Å². The van der Waals surface area contributed by atoms with Crippen LogP contribution in [-0.2, 0) is 35.1 Å². The van der Waals surface area contributed by atoms with Crippen LogP contribution in [0.2, 0.25) is 0 Å². The zero-order chi connectivity index (χ0) is 43.0. The summed E-state index contributed by atoms with van der Waals surface area (Å²) in [5.41, 5.74) is 11.0. The molecule has 0 saturated carbocycles. The number of rotatable bonds is 24. The summed E-state index contributed by atoms with van der Waals surface area (Å²) in [5.74, 6) is -1.63. The highest BCUT2D eigenvalue weighted by Gasteiger charge is 2.43. The zero-order valence-corrected chi connectivity index (χ0v) is 36.9. The average Bonchev–Trinajstić information content (AvgIpc) is 3.65. The lowest BCUT2D eigenvalue weighted by Gasteiger charge is -2.41. The monoisotopic (exact) mass is 800 g/mol. The molecule has 0 aliphatic carbocycles. The van der Waals surface area contributed by atoms with Crippen LogP contribution in [0.25, 0.3) is 10.4 Å². The van der Waals surface area contributed by atoms with Crippen molar-refractivity contribution in [2.45, 2.75) is 130 Å². The minimum atomic E-state index is -0.767. The zero-order valence-electron chi connectivity index (χ0n) is 36.9. The van der Waals surface area contributed by atoms with Crippen LogP contribution in [0.15, 0.2) is 29.4 Å². The van der Waals surface area contributed by atoms with Crippen molar-refractivity contribution in [3.8, 4) is 0 Å². The minimum absolute atomic E-state index is 0.0200. The van der Waals surface area contributed by atoms with E-state index in [4.69, 9.17) is 15.0 Å². The molecule has 1 aliphatic heterocycles. The first-order chi connectivity index (χ1) is 27.0. The Kier molecular flexibility index (Phi) is 20.8. The van der Waals surface area contributed by atoms with Crippen molar-refractivity contribution in [1.82, 2.24) is 25.3 Å². The lowest BCUT2D eigenvalue weighted by atomic mass is 9.89. The van der Waals surface area contributed by atoms with Gasteiger partial charge in [-0.1, -0.05) is 72.1 Å². The molecular weight excluding hydrogens is 727 g/mol. The van der Waals surface area contributed by atoms with Crippen molar-refractivity contribution in [3.63, 3.8) is 0 Å². The molecule has 1 heterocycles. The molecule has 0 unspecified atom stereocenters. The fraction of sp³-hybridized carbons (Fsp3) is 0.762. The molecule has 0 radical (unpaired) electrons. The van der Waals surface area contributed by atoms with E-state index in [2.05, 4.69) is 26.0 Å². The van der Waals surface area contributed by atoms with Gasteiger partial charge in [-0.2, -0.15) is 0 Å². The molecule has 1 fully saturated rings. The summed E-state index contributed by atoms with van der Waals surface area (Å²) >= 11 is 0. The quantitative estimate of drug-likeness (QED) is 0.0734. The summed E-state index contributed by atoms with van der Waals surface area (Å²) < 4.78 is 12.0. The van der Waals surface area contributed by atoms with E-state index in [1.165, 1.54) is 0 Å². The lowest BCUT2D eigenvalue weighted by molar-refractivity contribution is -0.148. The average molecular weight is 800 g/mol. The van der Waals surface area contributed by atoms with Crippen LogP contribution >= 0.6 is 0 Å². The highest BCUT2D eigenvalue weighted by atomic mass is 16.5. The van der Waals surface area contributed by atoms with Crippen LogP contribution in [0, 0.1) is 23.7 Å². The summed E-state index contributed by atoms with van der Waals surface area (Å²) in [7, 11) is 8.56. The third kappa shape index (κ3) is 13.9. The van der Waals surface area contributed by atoms with Gasteiger partial charge in [0.2, 0.25) is 23.6 Å². The summed E-state index contributed by atoms with van der Waals surface area (Å²) in [6.07, 6.45) is 1.40. The number of nitrogens with zero attached hydrogens (tertiary/aromatic N) is 6. The third-order valence-corrected chi connectivity index (χ3v) is 11.5.